The second kappa shape index (κ2) is 3.54. The van der Waals surface area contributed by atoms with Crippen molar-refractivity contribution in [3.05, 3.63) is 35.8 Å². The number of nitriles is 1. The fourth-order valence-electron chi connectivity index (χ4n) is 1.33. The first-order chi connectivity index (χ1) is 7.24. The van der Waals surface area contributed by atoms with Crippen LogP contribution >= 0.6 is 0 Å². The molecule has 0 fully saturated rings. The van der Waals surface area contributed by atoms with Gasteiger partial charge in [-0.05, 0) is 18.2 Å². The zero-order chi connectivity index (χ0) is 10.8. The molecular weight excluding hydrogens is 195 g/mol. The highest BCUT2D eigenvalue weighted by molar-refractivity contribution is 5.81. The summed E-state index contributed by atoms with van der Waals surface area (Å²) in [5, 5.41) is 9.34. The summed E-state index contributed by atoms with van der Waals surface area (Å²) in [7, 11) is 1.53. The highest BCUT2D eigenvalue weighted by Gasteiger charge is 2.06. The van der Waals surface area contributed by atoms with E-state index in [9.17, 15) is 4.39 Å². The molecule has 4 heteroatoms. The number of rotatable bonds is 1. The van der Waals surface area contributed by atoms with E-state index in [1.807, 2.05) is 0 Å². The number of hydrogen-bond acceptors (Lipinski definition) is 3. The van der Waals surface area contributed by atoms with E-state index in [1.165, 1.54) is 13.2 Å². The smallest absolute Gasteiger partial charge is 0.231 e. The monoisotopic (exact) mass is 202 g/mol. The lowest BCUT2D eigenvalue weighted by Crippen LogP contribution is -1.91. The molecule has 1 aromatic heterocycles. The Hall–Kier alpha value is -2.15. The summed E-state index contributed by atoms with van der Waals surface area (Å²) < 4.78 is 18.2. The van der Waals surface area contributed by atoms with Crippen molar-refractivity contribution in [1.82, 2.24) is 4.98 Å². The predicted octanol–water partition coefficient (Wildman–Crippen LogP) is 2.25. The summed E-state index contributed by atoms with van der Waals surface area (Å²) in [6.45, 7) is 0. The van der Waals surface area contributed by atoms with Gasteiger partial charge in [0, 0.05) is 11.5 Å². The summed E-state index contributed by atoms with van der Waals surface area (Å²) in [6, 6.07) is 8.32. The average Bonchev–Trinajstić information content (AvgIpc) is 2.27. The predicted molar refractivity (Wildman–Crippen MR) is 53.0 cm³/mol. The fraction of sp³-hybridized carbons (Fsp3) is 0.0909. The minimum absolute atomic E-state index is 0.0485. The van der Waals surface area contributed by atoms with Crippen molar-refractivity contribution in [1.29, 1.82) is 5.26 Å². The first-order valence-electron chi connectivity index (χ1n) is 4.29. The van der Waals surface area contributed by atoms with Crippen LogP contribution in [-0.4, -0.2) is 12.1 Å². The summed E-state index contributed by atoms with van der Waals surface area (Å²) in [6.07, 6.45) is 0. The zero-order valence-corrected chi connectivity index (χ0v) is 7.99. The molecule has 3 nitrogen and oxygen atoms in total. The molecule has 0 atom stereocenters. The second-order valence-electron chi connectivity index (χ2n) is 3.00. The van der Waals surface area contributed by atoms with E-state index in [1.54, 1.807) is 24.3 Å². The number of fused-ring (bicyclic) bond motifs is 1. The SMILES string of the molecule is COc1ccc2cc(C#N)c(F)nc2c1. The molecule has 1 aromatic carbocycles. The Balaban J connectivity index is 2.71. The number of halogens is 1. The topological polar surface area (TPSA) is 45.9 Å². The van der Waals surface area contributed by atoms with Gasteiger partial charge >= 0.3 is 0 Å². The Labute approximate surface area is 85.7 Å². The van der Waals surface area contributed by atoms with Gasteiger partial charge in [0.05, 0.1) is 12.6 Å². The van der Waals surface area contributed by atoms with Crippen LogP contribution in [0.15, 0.2) is 24.3 Å². The van der Waals surface area contributed by atoms with Crippen molar-refractivity contribution in [3.63, 3.8) is 0 Å². The van der Waals surface area contributed by atoms with Gasteiger partial charge in [0.2, 0.25) is 5.95 Å². The van der Waals surface area contributed by atoms with Crippen molar-refractivity contribution < 1.29 is 9.13 Å². The van der Waals surface area contributed by atoms with Gasteiger partial charge in [-0.25, -0.2) is 4.98 Å². The summed E-state index contributed by atoms with van der Waals surface area (Å²) in [4.78, 5) is 3.69. The number of aromatic nitrogens is 1. The van der Waals surface area contributed by atoms with Gasteiger partial charge in [-0.3, -0.25) is 0 Å². The number of ether oxygens (including phenoxy) is 1. The first-order valence-corrected chi connectivity index (χ1v) is 4.29. The van der Waals surface area contributed by atoms with Crippen LogP contribution in [0.2, 0.25) is 0 Å². The maximum Gasteiger partial charge on any atom is 0.231 e. The number of pyridine rings is 1. The third-order valence-corrected chi connectivity index (χ3v) is 2.10. The molecule has 2 rings (SSSR count). The first kappa shape index (κ1) is 9.41. The normalized spacial score (nSPS) is 9.93. The van der Waals surface area contributed by atoms with Gasteiger partial charge in [0.15, 0.2) is 0 Å². The fourth-order valence-corrected chi connectivity index (χ4v) is 1.33. The molecule has 0 unspecified atom stereocenters. The van der Waals surface area contributed by atoms with Gasteiger partial charge in [-0.1, -0.05) is 0 Å². The minimum Gasteiger partial charge on any atom is -0.497 e. The van der Waals surface area contributed by atoms with E-state index in [0.29, 0.717) is 16.7 Å². The van der Waals surface area contributed by atoms with Crippen LogP contribution in [0.1, 0.15) is 5.56 Å². The summed E-state index contributed by atoms with van der Waals surface area (Å²) >= 11 is 0. The minimum atomic E-state index is -0.752. The molecule has 74 valence electrons. The van der Waals surface area contributed by atoms with Crippen LogP contribution in [0.3, 0.4) is 0 Å². The molecule has 0 radical (unpaired) electrons. The Morgan fingerprint density at radius 2 is 2.20 bits per heavy atom. The highest BCUT2D eigenvalue weighted by atomic mass is 19.1. The van der Waals surface area contributed by atoms with Crippen molar-refractivity contribution in [3.8, 4) is 11.8 Å². The standard InChI is InChI=1S/C11H7FN2O/c1-15-9-3-2-7-4-8(6-13)11(12)14-10(7)5-9/h2-5H,1H3. The van der Waals surface area contributed by atoms with E-state index >= 15 is 0 Å². The van der Waals surface area contributed by atoms with Crippen LogP contribution in [0.5, 0.6) is 5.75 Å². The molecule has 1 heterocycles. The lowest BCUT2D eigenvalue weighted by atomic mass is 10.1. The Morgan fingerprint density at radius 1 is 1.40 bits per heavy atom. The quantitative estimate of drug-likeness (QED) is 0.666. The molecule has 0 spiro atoms. The summed E-state index contributed by atoms with van der Waals surface area (Å²) in [5.41, 5.74) is 0.429. The Bertz CT molecular complexity index is 560. The molecule has 0 aliphatic carbocycles. The van der Waals surface area contributed by atoms with Crippen LogP contribution in [0.25, 0.3) is 10.9 Å². The van der Waals surface area contributed by atoms with Gasteiger partial charge in [-0.15, -0.1) is 0 Å². The van der Waals surface area contributed by atoms with Crippen molar-refractivity contribution >= 4 is 10.9 Å². The van der Waals surface area contributed by atoms with Gasteiger partial charge < -0.3 is 4.74 Å². The van der Waals surface area contributed by atoms with E-state index in [0.717, 1.165) is 0 Å². The van der Waals surface area contributed by atoms with Crippen LogP contribution in [0, 0.1) is 17.3 Å². The molecule has 0 saturated heterocycles. The molecule has 0 aliphatic heterocycles. The largest absolute Gasteiger partial charge is 0.497 e. The van der Waals surface area contributed by atoms with Gasteiger partial charge in [-0.2, -0.15) is 9.65 Å². The van der Waals surface area contributed by atoms with Gasteiger partial charge in [0.25, 0.3) is 0 Å². The van der Waals surface area contributed by atoms with Crippen molar-refractivity contribution in [2.75, 3.05) is 7.11 Å². The molecule has 0 bridgehead atoms. The number of nitrogens with zero attached hydrogens (tertiary/aromatic N) is 2. The Morgan fingerprint density at radius 3 is 2.87 bits per heavy atom. The maximum atomic E-state index is 13.2. The van der Waals surface area contributed by atoms with E-state index in [2.05, 4.69) is 4.98 Å². The molecule has 0 N–H and O–H groups in total. The van der Waals surface area contributed by atoms with Crippen LogP contribution < -0.4 is 4.74 Å². The lowest BCUT2D eigenvalue weighted by molar-refractivity contribution is 0.415. The zero-order valence-electron chi connectivity index (χ0n) is 7.99. The Kier molecular flexibility index (Phi) is 2.22. The molecule has 2 aromatic rings. The number of methoxy groups -OCH3 is 1. The molecule has 0 amide bonds. The lowest BCUT2D eigenvalue weighted by Gasteiger charge is -2.02. The molecule has 0 aliphatic rings. The van der Waals surface area contributed by atoms with Gasteiger partial charge in [0.1, 0.15) is 17.4 Å². The third kappa shape index (κ3) is 1.59. The number of benzene rings is 1. The number of hydrogen-bond donors (Lipinski definition) is 0. The van der Waals surface area contributed by atoms with Crippen LogP contribution in [-0.2, 0) is 0 Å². The molecular formula is C11H7FN2O. The van der Waals surface area contributed by atoms with Crippen LogP contribution in [0.4, 0.5) is 4.39 Å². The van der Waals surface area contributed by atoms with E-state index in [-0.39, 0.29) is 5.56 Å². The summed E-state index contributed by atoms with van der Waals surface area (Å²) in [5.74, 6) is -0.141. The molecule has 0 saturated carbocycles. The van der Waals surface area contributed by atoms with E-state index in [4.69, 9.17) is 10.00 Å². The maximum absolute atomic E-state index is 13.2. The van der Waals surface area contributed by atoms with Crippen molar-refractivity contribution in [2.45, 2.75) is 0 Å². The highest BCUT2D eigenvalue weighted by Crippen LogP contribution is 2.20. The third-order valence-electron chi connectivity index (χ3n) is 2.10. The second-order valence-corrected chi connectivity index (χ2v) is 3.00. The van der Waals surface area contributed by atoms with E-state index < -0.39 is 5.95 Å². The molecule has 15 heavy (non-hydrogen) atoms. The van der Waals surface area contributed by atoms with Crippen molar-refractivity contribution in [2.24, 2.45) is 0 Å². The average molecular weight is 202 g/mol.